The van der Waals surface area contributed by atoms with E-state index in [1.807, 2.05) is 190 Å². The van der Waals surface area contributed by atoms with Crippen molar-refractivity contribution in [3.05, 3.63) is 290 Å². The normalized spacial score (nSPS) is 9.86. The van der Waals surface area contributed by atoms with Crippen molar-refractivity contribution in [3.8, 4) is 66.8 Å². The van der Waals surface area contributed by atoms with Gasteiger partial charge in [-0.15, -0.1) is 88.0 Å². The first-order chi connectivity index (χ1) is 60.0. The van der Waals surface area contributed by atoms with Gasteiger partial charge in [0.25, 0.3) is 0 Å². The molecule has 15 aromatic rings. The Morgan fingerprint density at radius 1 is 0.246 bits per heavy atom. The van der Waals surface area contributed by atoms with Gasteiger partial charge in [0, 0.05) is 204 Å². The molecule has 0 atom stereocenters. The maximum atomic E-state index is 3.65. The van der Waals surface area contributed by atoms with Crippen LogP contribution < -0.4 is 0 Å². The number of hydrogen-bond donors (Lipinski definition) is 0. The molecule has 0 N–H and O–H groups in total. The van der Waals surface area contributed by atoms with Gasteiger partial charge in [-0.1, -0.05) is 274 Å². The molecule has 3 aromatic heterocycles. The number of aryl methyl sites for hydroxylation is 3. The van der Waals surface area contributed by atoms with E-state index in [9.17, 15) is 0 Å². The Kier molecular flexibility index (Phi) is 68.5. The molecule has 3 heterocycles. The van der Waals surface area contributed by atoms with Gasteiger partial charge in [0.15, 0.2) is 0 Å². The molecule has 15 rings (SSSR count). The zero-order chi connectivity index (χ0) is 92.8. The Hall–Kier alpha value is -6.89. The molecular formula is C114H159N9Y3-6. The maximum absolute atomic E-state index is 3.65. The molecule has 675 valence electrons. The second-order valence-electron chi connectivity index (χ2n) is 27.3. The number of nitrogens with zero attached hydrogens (tertiary/aromatic N) is 9. The molecule has 0 fully saturated rings. The summed E-state index contributed by atoms with van der Waals surface area (Å²) in [4.78, 5) is 13.4. The molecule has 0 bridgehead atoms. The van der Waals surface area contributed by atoms with Crippen molar-refractivity contribution >= 4 is 65.4 Å². The minimum atomic E-state index is 0. The molecule has 0 saturated heterocycles. The molecule has 0 saturated carbocycles. The van der Waals surface area contributed by atoms with Gasteiger partial charge in [-0.3, -0.25) is 29.4 Å². The number of rotatable bonds is 18. The molecule has 0 amide bonds. The second kappa shape index (κ2) is 70.0. The number of aromatic nitrogens is 3. The molecule has 0 unspecified atom stereocenters. The van der Waals surface area contributed by atoms with E-state index in [0.717, 1.165) is 73.0 Å². The summed E-state index contributed by atoms with van der Waals surface area (Å²) < 4.78 is 6.85. The van der Waals surface area contributed by atoms with E-state index in [1.54, 1.807) is 0 Å². The van der Waals surface area contributed by atoms with Crippen LogP contribution in [0.5, 0.6) is 0 Å². The first-order valence-corrected chi connectivity index (χ1v) is 46.0. The Balaban J connectivity index is -0.00000159. The zero-order valence-corrected chi connectivity index (χ0v) is 93.5. The molecule has 0 spiro atoms. The topological polar surface area (TPSA) is 34.2 Å². The third kappa shape index (κ3) is 35.1. The quantitative estimate of drug-likeness (QED) is 0.0629. The van der Waals surface area contributed by atoms with Crippen LogP contribution in [0.2, 0.25) is 0 Å². The number of fused-ring (bicyclic) bond motifs is 9. The van der Waals surface area contributed by atoms with Gasteiger partial charge in [0.1, 0.15) is 0 Å². The van der Waals surface area contributed by atoms with Crippen LogP contribution in [0.15, 0.2) is 237 Å². The Morgan fingerprint density at radius 3 is 0.905 bits per heavy atom. The van der Waals surface area contributed by atoms with Gasteiger partial charge in [-0.25, -0.2) is 33.4 Å². The van der Waals surface area contributed by atoms with Crippen molar-refractivity contribution in [2.45, 2.75) is 186 Å². The average Bonchev–Trinajstić information content (AvgIpc) is 1.61. The van der Waals surface area contributed by atoms with Crippen molar-refractivity contribution in [3.63, 3.8) is 0 Å². The molecule has 0 aliphatic rings. The van der Waals surface area contributed by atoms with E-state index < -0.39 is 0 Å². The third-order valence-corrected chi connectivity index (χ3v) is 18.6. The van der Waals surface area contributed by atoms with Gasteiger partial charge in [-0.2, -0.15) is 91.0 Å². The fraction of sp³-hybridized carbons (Fsp3) is 0.368. The molecular weight excluding hydrogens is 1760 g/mol. The molecule has 0 aliphatic carbocycles. The predicted molar refractivity (Wildman–Crippen MR) is 553 cm³/mol. The molecule has 12 aromatic carbocycles. The molecule has 9 nitrogen and oxygen atoms in total. The number of hydrogen-bond acceptors (Lipinski definition) is 6. The van der Waals surface area contributed by atoms with Crippen LogP contribution in [0.25, 0.3) is 132 Å². The maximum Gasteiger partial charge on any atom is 0.0500 e. The SMILES string of the molecule is CC.CC.CC.CC.CC.CC.CC.CC.CC.CC.CC.CC.CN(C)CN(C)Cc1[c-]c(-c2[c-]cccc2-c2ccc3c4ccccc4n(C)c3c2)ccc1.CN(C)CN(C)Cc1c[c-]c(-c2[c-]cccc2-c2ccc3c4ccccc4n(C)c3c2)cc1.CN(C)CN(C)Cc1cc[c-]c(-c2[c-]cccc2-c2ccc3c4ccccc4n(C)c3c2)c1.[Y].[Y].[Y]. The standard InChI is InChI=1S/3C30H29N3.12C2H6.3Y/c2*1-31(2)21-32(3)20-22-10-9-11-23(18-22)25-12-5-6-13-26(25)24-16-17-28-27-14-7-8-15-29(27)33(4)30(28)19-24;1-31(2)21-32(3)20-22-13-15-23(16-14-22)25-9-5-6-10-26(25)24-17-18-28-27-11-7-8-12-29(27)33(4)30(28)19-24;12*1-2;;;/h5-10,13-19H,20-21H2,1-4H3;5-11,13-17,19H,20-21H2,1-4H3;5-8,10-15,17-19H,20-21H2,1-4H3;12*1-2H3;;;/q3*-2;;;;;;;;;;;;;;;. The van der Waals surface area contributed by atoms with Gasteiger partial charge in [-0.05, 0) is 106 Å². The fourth-order valence-electron chi connectivity index (χ4n) is 14.4. The summed E-state index contributed by atoms with van der Waals surface area (Å²) >= 11 is 0. The van der Waals surface area contributed by atoms with Crippen molar-refractivity contribution in [1.29, 1.82) is 0 Å². The van der Waals surface area contributed by atoms with E-state index in [0.29, 0.717) is 0 Å². The summed E-state index contributed by atoms with van der Waals surface area (Å²) in [5.41, 5.74) is 24.9. The van der Waals surface area contributed by atoms with Crippen LogP contribution in [0, 0.1) is 36.4 Å². The largest absolute Gasteiger partial charge is 0.344 e. The van der Waals surface area contributed by atoms with E-state index >= 15 is 0 Å². The van der Waals surface area contributed by atoms with Crippen molar-refractivity contribution in [2.75, 3.05) is 83.4 Å². The van der Waals surface area contributed by atoms with Crippen LogP contribution in [0.3, 0.4) is 0 Å². The zero-order valence-electron chi connectivity index (χ0n) is 85.0. The summed E-state index contributed by atoms with van der Waals surface area (Å²) in [5.74, 6) is 0. The summed E-state index contributed by atoms with van der Waals surface area (Å²) in [5, 5.41) is 7.75. The first-order valence-electron chi connectivity index (χ1n) is 46.0. The summed E-state index contributed by atoms with van der Waals surface area (Å²) in [6.07, 6.45) is 0. The number of para-hydroxylation sites is 3. The van der Waals surface area contributed by atoms with Crippen LogP contribution in [0.4, 0.5) is 0 Å². The van der Waals surface area contributed by atoms with Crippen molar-refractivity contribution < 1.29 is 98.1 Å². The minimum Gasteiger partial charge on any atom is -0.344 e. The van der Waals surface area contributed by atoms with Crippen molar-refractivity contribution in [2.24, 2.45) is 21.1 Å². The molecule has 3 radical (unpaired) electrons. The van der Waals surface area contributed by atoms with E-state index in [2.05, 4.69) is 376 Å². The van der Waals surface area contributed by atoms with Gasteiger partial charge < -0.3 is 13.7 Å². The van der Waals surface area contributed by atoms with Crippen molar-refractivity contribution in [1.82, 2.24) is 43.1 Å². The third-order valence-electron chi connectivity index (χ3n) is 18.6. The minimum absolute atomic E-state index is 0. The van der Waals surface area contributed by atoms with Crippen LogP contribution in [-0.4, -0.2) is 127 Å². The summed E-state index contributed by atoms with van der Waals surface area (Å²) in [7, 11) is 25.4. The van der Waals surface area contributed by atoms with Crippen LogP contribution in [0.1, 0.15) is 183 Å². The first kappa shape index (κ1) is 123. The average molecular weight is 1920 g/mol. The molecule has 0 aliphatic heterocycles. The smallest absolute Gasteiger partial charge is 0.0500 e. The van der Waals surface area contributed by atoms with E-state index in [4.69, 9.17) is 0 Å². The monoisotopic (exact) mass is 1920 g/mol. The Morgan fingerprint density at radius 2 is 0.563 bits per heavy atom. The van der Waals surface area contributed by atoms with Gasteiger partial charge in [0.2, 0.25) is 0 Å². The van der Waals surface area contributed by atoms with Crippen LogP contribution >= 0.6 is 0 Å². The predicted octanol–water partition coefficient (Wildman–Crippen LogP) is 31.0. The van der Waals surface area contributed by atoms with Gasteiger partial charge >= 0.3 is 0 Å². The summed E-state index contributed by atoms with van der Waals surface area (Å²) in [6, 6.07) is 105. The molecule has 126 heavy (non-hydrogen) atoms. The summed E-state index contributed by atoms with van der Waals surface area (Å²) in [6.45, 7) is 53.4. The van der Waals surface area contributed by atoms with Crippen LogP contribution in [-0.2, 0) is 139 Å². The number of benzene rings is 12. The van der Waals surface area contributed by atoms with Gasteiger partial charge in [0.05, 0.1) is 13.3 Å². The second-order valence-corrected chi connectivity index (χ2v) is 27.3. The van der Waals surface area contributed by atoms with E-state index in [-0.39, 0.29) is 98.1 Å². The fourth-order valence-corrected chi connectivity index (χ4v) is 14.4. The van der Waals surface area contributed by atoms with E-state index in [1.165, 1.54) is 115 Å². The Bertz CT molecular complexity index is 5120. The molecule has 12 heteroatoms. The Labute approximate surface area is 844 Å².